The first-order chi connectivity index (χ1) is 15.4. The Labute approximate surface area is 185 Å². The standard InChI is InChI=1S/C22H28N4O6/c1-5-30-21(27)19-15(11-29-10-9-23)24-13(4)17(22(28)31-12(2)3)18(19)14-7-6-8-16-20(14)25-26-32-16/h6-8,12,18,24H,5,9-11,23H2,1-4H3. The molecule has 172 valence electrons. The van der Waals surface area contributed by atoms with E-state index < -0.39 is 17.9 Å². The lowest BCUT2D eigenvalue weighted by Crippen LogP contribution is -2.35. The third-order valence-electron chi connectivity index (χ3n) is 4.83. The van der Waals surface area contributed by atoms with Crippen molar-refractivity contribution in [2.75, 3.05) is 26.4 Å². The number of nitrogens with one attached hydrogen (secondary N) is 1. The minimum atomic E-state index is -0.825. The molecule has 10 heteroatoms. The van der Waals surface area contributed by atoms with E-state index >= 15 is 0 Å². The highest BCUT2D eigenvalue weighted by Gasteiger charge is 2.40. The van der Waals surface area contributed by atoms with Crippen LogP contribution in [0.4, 0.5) is 0 Å². The van der Waals surface area contributed by atoms with Gasteiger partial charge in [0.25, 0.3) is 0 Å². The van der Waals surface area contributed by atoms with Crippen molar-refractivity contribution in [1.82, 2.24) is 15.7 Å². The van der Waals surface area contributed by atoms with Crippen LogP contribution >= 0.6 is 0 Å². The molecule has 1 unspecified atom stereocenters. The van der Waals surface area contributed by atoms with E-state index in [1.54, 1.807) is 45.9 Å². The second-order valence-corrected chi connectivity index (χ2v) is 7.47. The summed E-state index contributed by atoms with van der Waals surface area (Å²) < 4.78 is 21.7. The number of dihydropyridines is 1. The Morgan fingerprint density at radius 1 is 1.25 bits per heavy atom. The van der Waals surface area contributed by atoms with Crippen LogP contribution in [0.1, 0.15) is 39.2 Å². The second kappa shape index (κ2) is 10.4. The number of hydrogen-bond acceptors (Lipinski definition) is 10. The van der Waals surface area contributed by atoms with E-state index in [1.165, 1.54) is 0 Å². The first-order valence-corrected chi connectivity index (χ1v) is 10.5. The van der Waals surface area contributed by atoms with Crippen LogP contribution in [0.3, 0.4) is 0 Å². The van der Waals surface area contributed by atoms with E-state index in [0.29, 0.717) is 41.2 Å². The van der Waals surface area contributed by atoms with Crippen LogP contribution in [0.25, 0.3) is 11.1 Å². The van der Waals surface area contributed by atoms with Crippen LogP contribution in [0, 0.1) is 0 Å². The smallest absolute Gasteiger partial charge is 0.337 e. The molecule has 2 aromatic rings. The van der Waals surface area contributed by atoms with Gasteiger partial charge in [-0.25, -0.2) is 9.59 Å². The summed E-state index contributed by atoms with van der Waals surface area (Å²) in [4.78, 5) is 26.3. The van der Waals surface area contributed by atoms with Crippen LogP contribution in [-0.2, 0) is 23.8 Å². The average Bonchev–Trinajstić information content (AvgIpc) is 3.22. The summed E-state index contributed by atoms with van der Waals surface area (Å²) in [5.41, 5.74) is 8.51. The molecule has 0 fully saturated rings. The molecule has 0 radical (unpaired) electrons. The van der Waals surface area contributed by atoms with Gasteiger partial charge in [-0.05, 0) is 39.3 Å². The molecule has 3 rings (SSSR count). The Morgan fingerprint density at radius 3 is 2.72 bits per heavy atom. The number of ether oxygens (including phenoxy) is 3. The molecule has 0 saturated carbocycles. The van der Waals surface area contributed by atoms with E-state index in [2.05, 4.69) is 15.7 Å². The van der Waals surface area contributed by atoms with Gasteiger partial charge in [0.1, 0.15) is 5.52 Å². The van der Waals surface area contributed by atoms with Gasteiger partial charge in [-0.1, -0.05) is 12.1 Å². The number of aromatic nitrogens is 2. The lowest BCUT2D eigenvalue weighted by molar-refractivity contribution is -0.143. The van der Waals surface area contributed by atoms with Crippen molar-refractivity contribution in [3.8, 4) is 0 Å². The van der Waals surface area contributed by atoms with Crippen molar-refractivity contribution >= 4 is 23.0 Å². The van der Waals surface area contributed by atoms with Gasteiger partial charge in [-0.2, -0.15) is 0 Å². The monoisotopic (exact) mass is 444 g/mol. The Morgan fingerprint density at radius 2 is 2.03 bits per heavy atom. The fourth-order valence-electron chi connectivity index (χ4n) is 3.64. The predicted octanol–water partition coefficient (Wildman–Crippen LogP) is 1.93. The van der Waals surface area contributed by atoms with Crippen molar-refractivity contribution in [1.29, 1.82) is 0 Å². The number of esters is 2. The SMILES string of the molecule is CCOC(=O)C1=C(COCCN)NC(C)=C(C(=O)OC(C)C)C1c1cccc2onnc12. The van der Waals surface area contributed by atoms with Crippen LogP contribution < -0.4 is 11.1 Å². The molecule has 1 aliphatic rings. The van der Waals surface area contributed by atoms with Crippen molar-refractivity contribution in [3.05, 3.63) is 46.3 Å². The maximum absolute atomic E-state index is 13.2. The minimum absolute atomic E-state index is 0.0821. The summed E-state index contributed by atoms with van der Waals surface area (Å²) in [6.07, 6.45) is -0.350. The summed E-state index contributed by atoms with van der Waals surface area (Å²) >= 11 is 0. The Kier molecular flexibility index (Phi) is 7.60. The maximum atomic E-state index is 13.2. The summed E-state index contributed by atoms with van der Waals surface area (Å²) in [6, 6.07) is 5.23. The summed E-state index contributed by atoms with van der Waals surface area (Å²) in [7, 11) is 0. The molecule has 1 aromatic heterocycles. The number of allylic oxidation sites excluding steroid dienone is 1. The van der Waals surface area contributed by atoms with Gasteiger partial charge in [0.2, 0.25) is 0 Å². The number of nitrogens with zero attached hydrogens (tertiary/aromatic N) is 2. The maximum Gasteiger partial charge on any atom is 0.337 e. The zero-order valence-corrected chi connectivity index (χ0v) is 18.6. The molecule has 0 spiro atoms. The van der Waals surface area contributed by atoms with Crippen molar-refractivity contribution in [3.63, 3.8) is 0 Å². The third-order valence-corrected chi connectivity index (χ3v) is 4.83. The van der Waals surface area contributed by atoms with Crippen molar-refractivity contribution in [2.24, 2.45) is 5.73 Å². The van der Waals surface area contributed by atoms with Gasteiger partial charge in [0.15, 0.2) is 5.58 Å². The molecule has 10 nitrogen and oxygen atoms in total. The fourth-order valence-corrected chi connectivity index (χ4v) is 3.64. The lowest BCUT2D eigenvalue weighted by Gasteiger charge is -2.31. The predicted molar refractivity (Wildman–Crippen MR) is 115 cm³/mol. The van der Waals surface area contributed by atoms with E-state index in [4.69, 9.17) is 24.5 Å². The average molecular weight is 444 g/mol. The normalized spacial score (nSPS) is 16.5. The Balaban J connectivity index is 2.23. The van der Waals surface area contributed by atoms with E-state index in [9.17, 15) is 9.59 Å². The number of rotatable bonds is 9. The van der Waals surface area contributed by atoms with Gasteiger partial charge >= 0.3 is 11.9 Å². The molecular weight excluding hydrogens is 416 g/mol. The summed E-state index contributed by atoms with van der Waals surface area (Å²) in [5.74, 6) is -1.95. The van der Waals surface area contributed by atoms with Gasteiger partial charge in [-0.15, -0.1) is 5.10 Å². The summed E-state index contributed by atoms with van der Waals surface area (Å²) in [5, 5.41) is 10.9. The zero-order valence-electron chi connectivity index (χ0n) is 18.6. The van der Waals surface area contributed by atoms with Crippen LogP contribution in [0.5, 0.6) is 0 Å². The lowest BCUT2D eigenvalue weighted by atomic mass is 9.79. The van der Waals surface area contributed by atoms with Crippen LogP contribution in [0.15, 0.2) is 45.3 Å². The first kappa shape index (κ1) is 23.4. The Bertz CT molecular complexity index is 1060. The van der Waals surface area contributed by atoms with E-state index in [-0.39, 0.29) is 30.5 Å². The van der Waals surface area contributed by atoms with E-state index in [0.717, 1.165) is 0 Å². The molecule has 0 aliphatic carbocycles. The molecule has 1 atom stereocenters. The molecular formula is C22H28N4O6. The fraction of sp³-hybridized carbons (Fsp3) is 0.455. The second-order valence-electron chi connectivity index (χ2n) is 7.47. The van der Waals surface area contributed by atoms with Crippen LogP contribution in [-0.4, -0.2) is 54.8 Å². The molecule has 2 heterocycles. The quantitative estimate of drug-likeness (QED) is 0.435. The number of carbonyl (C=O) groups is 2. The van der Waals surface area contributed by atoms with Crippen LogP contribution in [0.2, 0.25) is 0 Å². The highest BCUT2D eigenvalue weighted by molar-refractivity contribution is 6.01. The first-order valence-electron chi connectivity index (χ1n) is 10.5. The largest absolute Gasteiger partial charge is 0.463 e. The molecule has 1 aliphatic heterocycles. The zero-order chi connectivity index (χ0) is 23.3. The number of fused-ring (bicyclic) bond motifs is 1. The van der Waals surface area contributed by atoms with Gasteiger partial charge < -0.3 is 29.8 Å². The number of hydrogen-bond donors (Lipinski definition) is 2. The van der Waals surface area contributed by atoms with Gasteiger partial charge in [0.05, 0.1) is 48.7 Å². The Hall–Kier alpha value is -3.24. The topological polar surface area (TPSA) is 139 Å². The number of benzene rings is 1. The highest BCUT2D eigenvalue weighted by Crippen LogP contribution is 2.41. The van der Waals surface area contributed by atoms with Crippen molar-refractivity contribution in [2.45, 2.75) is 39.7 Å². The molecule has 3 N–H and O–H groups in total. The number of carbonyl (C=O) groups excluding carboxylic acids is 2. The summed E-state index contributed by atoms with van der Waals surface area (Å²) in [6.45, 7) is 7.86. The van der Waals surface area contributed by atoms with E-state index in [1.807, 2.05) is 0 Å². The molecule has 0 bridgehead atoms. The minimum Gasteiger partial charge on any atom is -0.463 e. The number of nitrogens with two attached hydrogens (primary N) is 1. The molecule has 32 heavy (non-hydrogen) atoms. The molecule has 0 amide bonds. The molecule has 0 saturated heterocycles. The van der Waals surface area contributed by atoms with Gasteiger partial charge in [-0.3, -0.25) is 0 Å². The highest BCUT2D eigenvalue weighted by atomic mass is 16.5. The van der Waals surface area contributed by atoms with Crippen molar-refractivity contribution < 1.29 is 28.3 Å². The molecule has 1 aromatic carbocycles. The van der Waals surface area contributed by atoms with Gasteiger partial charge in [0, 0.05) is 17.5 Å². The third kappa shape index (κ3) is 4.81.